The highest BCUT2D eigenvalue weighted by molar-refractivity contribution is 5.98. The van der Waals surface area contributed by atoms with Crippen molar-refractivity contribution in [1.82, 2.24) is 5.32 Å². The number of fused-ring (bicyclic) bond motifs is 2. The molecule has 3 rings (SSSR count). The minimum Gasteiger partial charge on any atom is -0.350 e. The van der Waals surface area contributed by atoms with Crippen LogP contribution in [0.25, 0.3) is 0 Å². The lowest BCUT2D eigenvalue weighted by Gasteiger charge is -2.43. The van der Waals surface area contributed by atoms with Crippen molar-refractivity contribution >= 4 is 17.5 Å². The van der Waals surface area contributed by atoms with Gasteiger partial charge in [-0.25, -0.2) is 0 Å². The highest BCUT2D eigenvalue weighted by atomic mass is 16.2. The molecule has 5 heteroatoms. The summed E-state index contributed by atoms with van der Waals surface area (Å²) < 4.78 is 0. The maximum absolute atomic E-state index is 12.8. The zero-order chi connectivity index (χ0) is 18.8. The number of carbonyl (C=O) groups excluding carboxylic acids is 2. The van der Waals surface area contributed by atoms with Gasteiger partial charge >= 0.3 is 0 Å². The van der Waals surface area contributed by atoms with Gasteiger partial charge in [0.05, 0.1) is 0 Å². The minimum atomic E-state index is -0.105. The van der Waals surface area contributed by atoms with Crippen molar-refractivity contribution in [3.63, 3.8) is 0 Å². The van der Waals surface area contributed by atoms with Crippen LogP contribution in [0.1, 0.15) is 61.9 Å². The van der Waals surface area contributed by atoms with Crippen LogP contribution in [0.2, 0.25) is 0 Å². The van der Waals surface area contributed by atoms with Gasteiger partial charge in [0.25, 0.3) is 5.91 Å². The predicted molar refractivity (Wildman–Crippen MR) is 104 cm³/mol. The molecule has 0 aliphatic heterocycles. The van der Waals surface area contributed by atoms with Gasteiger partial charge in [0, 0.05) is 29.3 Å². The summed E-state index contributed by atoms with van der Waals surface area (Å²) in [5, 5.41) is 5.94. The van der Waals surface area contributed by atoms with E-state index in [-0.39, 0.29) is 29.8 Å². The smallest absolute Gasteiger partial charge is 0.251 e. The minimum absolute atomic E-state index is 0.0272. The Morgan fingerprint density at radius 1 is 1.15 bits per heavy atom. The normalized spacial score (nSPS) is 27.9. The zero-order valence-electron chi connectivity index (χ0n) is 16.0. The van der Waals surface area contributed by atoms with E-state index in [0.29, 0.717) is 23.1 Å². The lowest BCUT2D eigenvalue weighted by molar-refractivity contribution is -0.122. The fraction of sp³-hybridized carbons (Fsp3) is 0.619. The van der Waals surface area contributed by atoms with E-state index in [9.17, 15) is 9.59 Å². The van der Waals surface area contributed by atoms with Gasteiger partial charge in [-0.15, -0.1) is 0 Å². The van der Waals surface area contributed by atoms with Crippen molar-refractivity contribution in [2.75, 3.05) is 5.32 Å². The van der Waals surface area contributed by atoms with Crippen LogP contribution in [0.5, 0.6) is 0 Å². The lowest BCUT2D eigenvalue weighted by Crippen LogP contribution is -2.48. The molecule has 2 aliphatic carbocycles. The summed E-state index contributed by atoms with van der Waals surface area (Å²) in [6.45, 7) is 5.78. The Balaban J connectivity index is 1.69. The fourth-order valence-corrected chi connectivity index (χ4v) is 4.53. The molecule has 1 aromatic rings. The van der Waals surface area contributed by atoms with Gasteiger partial charge in [-0.1, -0.05) is 12.5 Å². The van der Waals surface area contributed by atoms with E-state index >= 15 is 0 Å². The molecule has 0 aromatic heterocycles. The van der Waals surface area contributed by atoms with Crippen LogP contribution in [-0.4, -0.2) is 23.9 Å². The Bertz CT molecular complexity index is 672. The zero-order valence-corrected chi connectivity index (χ0v) is 16.0. The number of amides is 2. The number of aryl methyl sites for hydroxylation is 1. The summed E-state index contributed by atoms with van der Waals surface area (Å²) in [5.74, 6) is 0.936. The molecule has 0 saturated heterocycles. The SMILES string of the molecule is Cc1ccc(NC(=O)C2CC3CCCC(C2)C3N)cc1C(=O)NC(C)C. The van der Waals surface area contributed by atoms with Crippen molar-refractivity contribution in [3.05, 3.63) is 29.3 Å². The first-order valence-electron chi connectivity index (χ1n) is 9.83. The Morgan fingerprint density at radius 2 is 1.81 bits per heavy atom. The second-order valence-electron chi connectivity index (χ2n) is 8.34. The number of hydrogen-bond donors (Lipinski definition) is 3. The van der Waals surface area contributed by atoms with E-state index in [1.165, 1.54) is 6.42 Å². The number of nitrogens with one attached hydrogen (secondary N) is 2. The van der Waals surface area contributed by atoms with Gasteiger partial charge in [-0.05, 0) is 76.0 Å². The molecule has 4 N–H and O–H groups in total. The molecule has 142 valence electrons. The second kappa shape index (κ2) is 7.78. The molecule has 0 heterocycles. The molecule has 2 fully saturated rings. The topological polar surface area (TPSA) is 84.2 Å². The van der Waals surface area contributed by atoms with Gasteiger partial charge in [0.15, 0.2) is 0 Å². The van der Waals surface area contributed by atoms with E-state index in [2.05, 4.69) is 10.6 Å². The third-order valence-corrected chi connectivity index (χ3v) is 5.95. The van der Waals surface area contributed by atoms with Crippen molar-refractivity contribution in [2.24, 2.45) is 23.5 Å². The molecule has 0 spiro atoms. The molecule has 0 radical (unpaired) electrons. The van der Waals surface area contributed by atoms with Crippen LogP contribution < -0.4 is 16.4 Å². The van der Waals surface area contributed by atoms with Crippen LogP contribution in [0.3, 0.4) is 0 Å². The van der Waals surface area contributed by atoms with Crippen molar-refractivity contribution in [3.8, 4) is 0 Å². The van der Waals surface area contributed by atoms with Gasteiger partial charge < -0.3 is 16.4 Å². The van der Waals surface area contributed by atoms with Crippen LogP contribution in [0, 0.1) is 24.7 Å². The molecule has 2 saturated carbocycles. The highest BCUT2D eigenvalue weighted by Gasteiger charge is 2.40. The van der Waals surface area contributed by atoms with E-state index < -0.39 is 0 Å². The average molecular weight is 357 g/mol. The van der Waals surface area contributed by atoms with E-state index in [1.54, 1.807) is 6.07 Å². The fourth-order valence-electron chi connectivity index (χ4n) is 4.53. The molecular weight excluding hydrogens is 326 g/mol. The molecule has 2 atom stereocenters. The van der Waals surface area contributed by atoms with Crippen LogP contribution in [-0.2, 0) is 4.79 Å². The molecule has 2 aliphatic rings. The summed E-state index contributed by atoms with van der Waals surface area (Å²) in [7, 11) is 0. The largest absolute Gasteiger partial charge is 0.350 e. The van der Waals surface area contributed by atoms with Gasteiger partial charge in [0.2, 0.25) is 5.91 Å². The monoisotopic (exact) mass is 357 g/mol. The summed E-state index contributed by atoms with van der Waals surface area (Å²) in [6, 6.07) is 5.87. The number of anilines is 1. The lowest BCUT2D eigenvalue weighted by atomic mass is 9.65. The van der Waals surface area contributed by atoms with Crippen LogP contribution >= 0.6 is 0 Å². The molecule has 2 unspecified atom stereocenters. The summed E-state index contributed by atoms with van der Waals surface area (Å²) in [6.07, 6.45) is 5.30. The van der Waals surface area contributed by atoms with Crippen LogP contribution in [0.4, 0.5) is 5.69 Å². The molecule has 5 nitrogen and oxygen atoms in total. The predicted octanol–water partition coefficient (Wildman–Crippen LogP) is 3.23. The number of hydrogen-bond acceptors (Lipinski definition) is 3. The molecule has 2 bridgehead atoms. The number of nitrogens with two attached hydrogens (primary N) is 1. The molecule has 26 heavy (non-hydrogen) atoms. The Morgan fingerprint density at radius 3 is 2.42 bits per heavy atom. The second-order valence-corrected chi connectivity index (χ2v) is 8.34. The Labute approximate surface area is 156 Å². The van der Waals surface area contributed by atoms with Crippen LogP contribution in [0.15, 0.2) is 18.2 Å². The quantitative estimate of drug-likeness (QED) is 0.773. The van der Waals surface area contributed by atoms with Gasteiger partial charge in [0.1, 0.15) is 0 Å². The average Bonchev–Trinajstić information content (AvgIpc) is 2.55. The van der Waals surface area contributed by atoms with Gasteiger partial charge in [-0.2, -0.15) is 0 Å². The first-order valence-corrected chi connectivity index (χ1v) is 9.83. The van der Waals surface area contributed by atoms with E-state index in [0.717, 1.165) is 31.2 Å². The third-order valence-electron chi connectivity index (χ3n) is 5.95. The summed E-state index contributed by atoms with van der Waals surface area (Å²) >= 11 is 0. The first-order chi connectivity index (χ1) is 12.3. The number of rotatable bonds is 4. The maximum atomic E-state index is 12.8. The molecule has 1 aromatic carbocycles. The third kappa shape index (κ3) is 4.09. The van der Waals surface area contributed by atoms with E-state index in [4.69, 9.17) is 5.73 Å². The Kier molecular flexibility index (Phi) is 5.66. The van der Waals surface area contributed by atoms with E-state index in [1.807, 2.05) is 32.9 Å². The highest BCUT2D eigenvalue weighted by Crippen LogP contribution is 2.42. The van der Waals surface area contributed by atoms with Crippen molar-refractivity contribution in [1.29, 1.82) is 0 Å². The maximum Gasteiger partial charge on any atom is 0.251 e. The summed E-state index contributed by atoms with van der Waals surface area (Å²) in [5.41, 5.74) is 8.53. The standard InChI is InChI=1S/C21H31N3O2/c1-12(2)23-21(26)18-11-17(8-7-13(18)3)24-20(25)16-9-14-5-4-6-15(10-16)19(14)22/h7-8,11-12,14-16,19H,4-6,9-10,22H2,1-3H3,(H,23,26)(H,24,25). The van der Waals surface area contributed by atoms with Crippen molar-refractivity contribution < 1.29 is 9.59 Å². The Hall–Kier alpha value is -1.88. The first kappa shape index (κ1) is 18.9. The summed E-state index contributed by atoms with van der Waals surface area (Å²) in [4.78, 5) is 25.1. The number of carbonyl (C=O) groups is 2. The number of benzene rings is 1. The molecule has 2 amide bonds. The molecular formula is C21H31N3O2. The van der Waals surface area contributed by atoms with Crippen molar-refractivity contribution in [2.45, 2.75) is 65.0 Å². The van der Waals surface area contributed by atoms with Gasteiger partial charge in [-0.3, -0.25) is 9.59 Å².